The van der Waals surface area contributed by atoms with Crippen molar-refractivity contribution < 1.29 is 9.90 Å². The van der Waals surface area contributed by atoms with Gasteiger partial charge >= 0.3 is 0 Å². The molecule has 0 aliphatic heterocycles. The van der Waals surface area contributed by atoms with Gasteiger partial charge in [0, 0.05) is 25.7 Å². The first-order valence-electron chi connectivity index (χ1n) is 9.61. The molecule has 29 heavy (non-hydrogen) atoms. The zero-order valence-corrected chi connectivity index (χ0v) is 19.6. The van der Waals surface area contributed by atoms with Crippen LogP contribution >= 0.6 is 24.0 Å². The number of aliphatic imine (C=N–C) groups is 1. The fourth-order valence-electron chi connectivity index (χ4n) is 2.75. The molecular weight excluding hydrogens is 479 g/mol. The van der Waals surface area contributed by atoms with Gasteiger partial charge < -0.3 is 21.1 Å². The maximum atomic E-state index is 11.7. The summed E-state index contributed by atoms with van der Waals surface area (Å²) in [5, 5.41) is 19.4. The highest BCUT2D eigenvalue weighted by Crippen LogP contribution is 2.13. The second-order valence-electron chi connectivity index (χ2n) is 6.60. The van der Waals surface area contributed by atoms with E-state index in [0.717, 1.165) is 29.7 Å². The van der Waals surface area contributed by atoms with Crippen LogP contribution in [0.3, 0.4) is 0 Å². The van der Waals surface area contributed by atoms with E-state index < -0.39 is 6.10 Å². The molecule has 0 spiro atoms. The number of aryl methyl sites for hydroxylation is 1. The third-order valence-electron chi connectivity index (χ3n) is 4.35. The van der Waals surface area contributed by atoms with E-state index in [4.69, 9.17) is 0 Å². The van der Waals surface area contributed by atoms with E-state index in [-0.39, 0.29) is 36.4 Å². The molecule has 2 aromatic carbocycles. The first-order chi connectivity index (χ1) is 13.5. The largest absolute Gasteiger partial charge is 0.386 e. The highest BCUT2D eigenvalue weighted by Gasteiger charge is 2.08. The first kappa shape index (κ1) is 24.9. The molecule has 0 aliphatic rings. The molecule has 1 unspecified atom stereocenters. The lowest BCUT2D eigenvalue weighted by Crippen LogP contribution is -2.38. The number of guanidine groups is 1. The van der Waals surface area contributed by atoms with E-state index in [0.29, 0.717) is 18.1 Å². The lowest BCUT2D eigenvalue weighted by Gasteiger charge is -2.14. The van der Waals surface area contributed by atoms with Crippen LogP contribution in [0, 0.1) is 6.92 Å². The smallest absolute Gasteiger partial charge is 0.251 e. The summed E-state index contributed by atoms with van der Waals surface area (Å²) in [6.45, 7) is 5.71. The van der Waals surface area contributed by atoms with E-state index in [2.05, 4.69) is 20.9 Å². The average molecular weight is 510 g/mol. The van der Waals surface area contributed by atoms with E-state index in [1.165, 1.54) is 0 Å². The van der Waals surface area contributed by atoms with Crippen LogP contribution in [0.5, 0.6) is 0 Å². The van der Waals surface area contributed by atoms with Gasteiger partial charge in [-0.1, -0.05) is 42.0 Å². The second-order valence-corrected chi connectivity index (χ2v) is 6.60. The molecule has 1 atom stereocenters. The number of carbonyl (C=O) groups excluding carboxylic acids is 1. The number of amides is 1. The van der Waals surface area contributed by atoms with Crippen molar-refractivity contribution >= 4 is 35.8 Å². The molecule has 1 amide bonds. The number of nitrogens with zero attached hydrogens (tertiary/aromatic N) is 1. The van der Waals surface area contributed by atoms with Gasteiger partial charge in [0.25, 0.3) is 5.91 Å². The zero-order valence-electron chi connectivity index (χ0n) is 17.2. The third kappa shape index (κ3) is 8.41. The van der Waals surface area contributed by atoms with Gasteiger partial charge in [0.2, 0.25) is 0 Å². The minimum absolute atomic E-state index is 0. The summed E-state index contributed by atoms with van der Waals surface area (Å²) in [4.78, 5) is 16.2. The van der Waals surface area contributed by atoms with Gasteiger partial charge in [0.05, 0.1) is 12.6 Å². The van der Waals surface area contributed by atoms with E-state index in [9.17, 15) is 9.90 Å². The lowest BCUT2D eigenvalue weighted by molar-refractivity contribution is 0.0963. The Morgan fingerprint density at radius 2 is 1.86 bits per heavy atom. The normalized spacial score (nSPS) is 11.9. The van der Waals surface area contributed by atoms with Gasteiger partial charge in [-0.05, 0) is 43.5 Å². The molecule has 6 nitrogen and oxygen atoms in total. The molecule has 0 fully saturated rings. The SMILES string of the molecule is CCNC(=NCC(O)c1ccc(C)cc1)NCCc1cccc(C(=O)NC)c1.I. The molecular formula is C22H31IN4O2. The first-order valence-corrected chi connectivity index (χ1v) is 9.61. The van der Waals surface area contributed by atoms with E-state index in [1.54, 1.807) is 13.1 Å². The number of halogens is 1. The summed E-state index contributed by atoms with van der Waals surface area (Å²) in [6, 6.07) is 15.4. The van der Waals surface area contributed by atoms with Crippen LogP contribution in [-0.4, -0.2) is 43.7 Å². The van der Waals surface area contributed by atoms with Crippen molar-refractivity contribution in [2.75, 3.05) is 26.7 Å². The van der Waals surface area contributed by atoms with Crippen LogP contribution in [0.15, 0.2) is 53.5 Å². The Bertz CT molecular complexity index is 794. The van der Waals surface area contributed by atoms with Crippen LogP contribution < -0.4 is 16.0 Å². The summed E-state index contributed by atoms with van der Waals surface area (Å²) in [5.41, 5.74) is 3.75. The molecule has 0 saturated heterocycles. The van der Waals surface area contributed by atoms with Crippen molar-refractivity contribution in [3.05, 3.63) is 70.8 Å². The summed E-state index contributed by atoms with van der Waals surface area (Å²) in [7, 11) is 1.63. The Kier molecular flexibility index (Phi) is 11.3. The Balaban J connectivity index is 0.00000420. The van der Waals surface area contributed by atoms with Crippen molar-refractivity contribution in [3.8, 4) is 0 Å². The summed E-state index contributed by atoms with van der Waals surface area (Å²) in [6.07, 6.45) is 0.121. The number of aliphatic hydroxyl groups is 1. The standard InChI is InChI=1S/C22H30N4O2.HI/c1-4-24-22(26-15-20(27)18-10-8-16(2)9-11-18)25-13-12-17-6-5-7-19(14-17)21(28)23-3;/h5-11,14,20,27H,4,12-13,15H2,1-3H3,(H,23,28)(H2,24,25,26);1H. The Labute approximate surface area is 190 Å². The van der Waals surface area contributed by atoms with Crippen molar-refractivity contribution in [2.45, 2.75) is 26.4 Å². The molecule has 0 aromatic heterocycles. The molecule has 0 aliphatic carbocycles. The number of carbonyl (C=O) groups is 1. The van der Waals surface area contributed by atoms with Gasteiger partial charge in [0.1, 0.15) is 0 Å². The highest BCUT2D eigenvalue weighted by atomic mass is 127. The van der Waals surface area contributed by atoms with Gasteiger partial charge in [-0.25, -0.2) is 0 Å². The number of hydrogen-bond acceptors (Lipinski definition) is 3. The van der Waals surface area contributed by atoms with Gasteiger partial charge in [-0.2, -0.15) is 0 Å². The number of nitrogens with one attached hydrogen (secondary N) is 3. The van der Waals surface area contributed by atoms with Crippen molar-refractivity contribution in [1.82, 2.24) is 16.0 Å². The predicted octanol–water partition coefficient (Wildman–Crippen LogP) is 2.80. The number of benzene rings is 2. The van der Waals surface area contributed by atoms with Crippen molar-refractivity contribution in [1.29, 1.82) is 0 Å². The fraction of sp³-hybridized carbons (Fsp3) is 0.364. The van der Waals surface area contributed by atoms with E-state index >= 15 is 0 Å². The minimum atomic E-state index is -0.639. The van der Waals surface area contributed by atoms with Crippen LogP contribution in [0.2, 0.25) is 0 Å². The molecule has 2 aromatic rings. The van der Waals surface area contributed by atoms with Crippen LogP contribution in [0.4, 0.5) is 0 Å². The number of hydrogen-bond donors (Lipinski definition) is 4. The summed E-state index contributed by atoms with van der Waals surface area (Å²) >= 11 is 0. The molecule has 158 valence electrons. The maximum absolute atomic E-state index is 11.7. The van der Waals surface area contributed by atoms with Gasteiger partial charge in [-0.3, -0.25) is 9.79 Å². The molecule has 0 saturated carbocycles. The van der Waals surface area contributed by atoms with Crippen LogP contribution in [0.1, 0.15) is 40.1 Å². The van der Waals surface area contributed by atoms with Crippen LogP contribution in [-0.2, 0) is 6.42 Å². The second kappa shape index (κ2) is 13.2. The van der Waals surface area contributed by atoms with Crippen molar-refractivity contribution in [2.24, 2.45) is 4.99 Å². The molecule has 0 bridgehead atoms. The number of rotatable bonds is 8. The Hall–Kier alpha value is -2.13. The molecule has 0 radical (unpaired) electrons. The number of aliphatic hydroxyl groups excluding tert-OH is 1. The van der Waals surface area contributed by atoms with Gasteiger partial charge in [-0.15, -0.1) is 24.0 Å². The topological polar surface area (TPSA) is 85.8 Å². The molecule has 7 heteroatoms. The van der Waals surface area contributed by atoms with Gasteiger partial charge in [0.15, 0.2) is 5.96 Å². The van der Waals surface area contributed by atoms with Crippen molar-refractivity contribution in [3.63, 3.8) is 0 Å². The predicted molar refractivity (Wildman–Crippen MR) is 129 cm³/mol. The van der Waals surface area contributed by atoms with E-state index in [1.807, 2.05) is 56.3 Å². The Morgan fingerprint density at radius 1 is 1.14 bits per heavy atom. The molecule has 2 rings (SSSR count). The average Bonchev–Trinajstić information content (AvgIpc) is 2.72. The Morgan fingerprint density at radius 3 is 2.52 bits per heavy atom. The monoisotopic (exact) mass is 510 g/mol. The van der Waals surface area contributed by atoms with Crippen LogP contribution in [0.25, 0.3) is 0 Å². The maximum Gasteiger partial charge on any atom is 0.251 e. The molecule has 4 N–H and O–H groups in total. The summed E-state index contributed by atoms with van der Waals surface area (Å²) in [5.74, 6) is 0.575. The lowest BCUT2D eigenvalue weighted by atomic mass is 10.1. The molecule has 0 heterocycles. The summed E-state index contributed by atoms with van der Waals surface area (Å²) < 4.78 is 0. The fourth-order valence-corrected chi connectivity index (χ4v) is 2.75. The minimum Gasteiger partial charge on any atom is -0.386 e. The zero-order chi connectivity index (χ0) is 20.4. The third-order valence-corrected chi connectivity index (χ3v) is 4.35. The quantitative estimate of drug-likeness (QED) is 0.250. The highest BCUT2D eigenvalue weighted by molar-refractivity contribution is 14.0.